The van der Waals surface area contributed by atoms with Gasteiger partial charge in [-0.05, 0) is 17.7 Å². The maximum absolute atomic E-state index is 12.7. The van der Waals surface area contributed by atoms with Gasteiger partial charge in [-0.25, -0.2) is 9.97 Å². The van der Waals surface area contributed by atoms with Crippen LogP contribution in [0.5, 0.6) is 11.5 Å². The molecule has 2 N–H and O–H groups in total. The van der Waals surface area contributed by atoms with Crippen molar-refractivity contribution in [2.75, 3.05) is 26.6 Å². The SMILES string of the molecule is CC(=O)O.CNc1nc(-c2cccc(CC(=O)c3ccccc3)c2)c2cc(OC)c(OC)cc2n1. The van der Waals surface area contributed by atoms with E-state index in [1.54, 1.807) is 21.3 Å². The van der Waals surface area contributed by atoms with Crippen molar-refractivity contribution in [2.24, 2.45) is 0 Å². The van der Waals surface area contributed by atoms with Gasteiger partial charge in [0, 0.05) is 43.0 Å². The number of ketones is 1. The molecule has 4 aromatic rings. The Morgan fingerprint density at radius 3 is 2.20 bits per heavy atom. The number of Topliss-reactive ketones (excluding diaryl/α,β-unsaturated/α-hetero) is 1. The van der Waals surface area contributed by atoms with Crippen molar-refractivity contribution in [2.45, 2.75) is 13.3 Å². The molecule has 35 heavy (non-hydrogen) atoms. The van der Waals surface area contributed by atoms with Crippen molar-refractivity contribution in [1.82, 2.24) is 9.97 Å². The van der Waals surface area contributed by atoms with Gasteiger partial charge >= 0.3 is 0 Å². The highest BCUT2D eigenvalue weighted by Gasteiger charge is 2.15. The first-order valence-corrected chi connectivity index (χ1v) is 10.8. The highest BCUT2D eigenvalue weighted by Crippen LogP contribution is 2.36. The molecule has 0 amide bonds. The van der Waals surface area contributed by atoms with Crippen molar-refractivity contribution >= 4 is 28.6 Å². The number of carboxylic acids is 1. The molecule has 8 nitrogen and oxygen atoms in total. The summed E-state index contributed by atoms with van der Waals surface area (Å²) in [6, 6.07) is 20.9. The highest BCUT2D eigenvalue weighted by atomic mass is 16.5. The van der Waals surface area contributed by atoms with Crippen molar-refractivity contribution in [3.05, 3.63) is 77.9 Å². The fourth-order valence-corrected chi connectivity index (χ4v) is 3.53. The molecule has 4 rings (SSSR count). The van der Waals surface area contributed by atoms with Gasteiger partial charge in [0.1, 0.15) is 0 Å². The molecular weight excluding hydrogens is 446 g/mol. The summed E-state index contributed by atoms with van der Waals surface area (Å²) in [5, 5.41) is 11.3. The first-order valence-electron chi connectivity index (χ1n) is 10.8. The molecule has 0 spiro atoms. The first-order chi connectivity index (χ1) is 16.9. The van der Waals surface area contributed by atoms with Crippen LogP contribution in [0.1, 0.15) is 22.8 Å². The molecule has 3 aromatic carbocycles. The van der Waals surface area contributed by atoms with Crippen LogP contribution in [0.3, 0.4) is 0 Å². The molecule has 0 atom stereocenters. The number of carbonyl (C=O) groups excluding carboxylic acids is 1. The Bertz CT molecular complexity index is 1340. The van der Waals surface area contributed by atoms with Crippen LogP contribution in [0, 0.1) is 0 Å². The summed E-state index contributed by atoms with van der Waals surface area (Å²) in [4.78, 5) is 30.9. The zero-order valence-corrected chi connectivity index (χ0v) is 20.0. The number of methoxy groups -OCH3 is 2. The van der Waals surface area contributed by atoms with Crippen LogP contribution in [0.15, 0.2) is 66.7 Å². The second-order valence-corrected chi connectivity index (χ2v) is 7.56. The van der Waals surface area contributed by atoms with E-state index in [2.05, 4.69) is 10.3 Å². The lowest BCUT2D eigenvalue weighted by Gasteiger charge is -2.13. The summed E-state index contributed by atoms with van der Waals surface area (Å²) in [7, 11) is 4.97. The second kappa shape index (κ2) is 11.6. The highest BCUT2D eigenvalue weighted by molar-refractivity contribution is 5.98. The number of carbonyl (C=O) groups is 2. The molecule has 8 heteroatoms. The molecule has 180 valence electrons. The summed E-state index contributed by atoms with van der Waals surface area (Å²) in [5.41, 5.74) is 4.01. The summed E-state index contributed by atoms with van der Waals surface area (Å²) in [6.07, 6.45) is 0.316. The molecule has 1 aromatic heterocycles. The van der Waals surface area contributed by atoms with Crippen molar-refractivity contribution in [3.63, 3.8) is 0 Å². The predicted octanol–water partition coefficient (Wildman–Crippen LogP) is 4.87. The minimum atomic E-state index is -0.833. The van der Waals surface area contributed by atoms with E-state index in [0.29, 0.717) is 29.4 Å². The van der Waals surface area contributed by atoms with E-state index in [-0.39, 0.29) is 5.78 Å². The van der Waals surface area contributed by atoms with E-state index >= 15 is 0 Å². The van der Waals surface area contributed by atoms with Crippen LogP contribution in [-0.4, -0.2) is 48.1 Å². The number of anilines is 1. The average molecular weight is 474 g/mol. The van der Waals surface area contributed by atoms with Gasteiger partial charge in [0.15, 0.2) is 17.3 Å². The molecule has 0 unspecified atom stereocenters. The summed E-state index contributed by atoms with van der Waals surface area (Å²) in [6.45, 7) is 1.08. The average Bonchev–Trinajstić information content (AvgIpc) is 2.87. The summed E-state index contributed by atoms with van der Waals surface area (Å²) >= 11 is 0. The predicted molar refractivity (Wildman–Crippen MR) is 135 cm³/mol. The Morgan fingerprint density at radius 1 is 0.914 bits per heavy atom. The lowest BCUT2D eigenvalue weighted by molar-refractivity contribution is -0.134. The quantitative estimate of drug-likeness (QED) is 0.366. The molecule has 0 saturated carbocycles. The zero-order chi connectivity index (χ0) is 25.4. The normalized spacial score (nSPS) is 10.2. The summed E-state index contributed by atoms with van der Waals surface area (Å²) < 4.78 is 10.9. The smallest absolute Gasteiger partial charge is 0.300 e. The van der Waals surface area contributed by atoms with E-state index in [4.69, 9.17) is 24.4 Å². The number of carboxylic acid groups (broad SMARTS) is 1. The maximum Gasteiger partial charge on any atom is 0.300 e. The number of hydrogen-bond acceptors (Lipinski definition) is 7. The van der Waals surface area contributed by atoms with Gasteiger partial charge in [-0.2, -0.15) is 0 Å². The molecule has 0 fully saturated rings. The fraction of sp³-hybridized carbons (Fsp3) is 0.185. The summed E-state index contributed by atoms with van der Waals surface area (Å²) in [5.74, 6) is 0.949. The van der Waals surface area contributed by atoms with Crippen molar-refractivity contribution in [1.29, 1.82) is 0 Å². The Hall–Kier alpha value is -4.46. The van der Waals surface area contributed by atoms with Crippen LogP contribution in [0.25, 0.3) is 22.2 Å². The number of hydrogen-bond donors (Lipinski definition) is 2. The molecule has 0 aliphatic carbocycles. The second-order valence-electron chi connectivity index (χ2n) is 7.56. The fourth-order valence-electron chi connectivity index (χ4n) is 3.53. The zero-order valence-electron chi connectivity index (χ0n) is 20.0. The van der Waals surface area contributed by atoms with Gasteiger partial charge < -0.3 is 19.9 Å². The van der Waals surface area contributed by atoms with Crippen LogP contribution < -0.4 is 14.8 Å². The van der Waals surface area contributed by atoms with Crippen LogP contribution in [0.4, 0.5) is 5.95 Å². The molecular formula is C27H27N3O5. The topological polar surface area (TPSA) is 111 Å². The van der Waals surface area contributed by atoms with E-state index in [1.807, 2.05) is 66.7 Å². The number of aromatic nitrogens is 2. The molecule has 0 bridgehead atoms. The molecule has 0 saturated heterocycles. The van der Waals surface area contributed by atoms with Gasteiger partial charge in [0.2, 0.25) is 5.95 Å². The molecule has 0 aliphatic rings. The number of benzene rings is 3. The lowest BCUT2D eigenvalue weighted by Crippen LogP contribution is -2.04. The van der Waals surface area contributed by atoms with E-state index < -0.39 is 5.97 Å². The minimum Gasteiger partial charge on any atom is -0.493 e. The molecule has 0 radical (unpaired) electrons. The number of nitrogens with zero attached hydrogens (tertiary/aromatic N) is 2. The van der Waals surface area contributed by atoms with Crippen LogP contribution >= 0.6 is 0 Å². The number of rotatable bonds is 7. The third-order valence-electron chi connectivity index (χ3n) is 5.09. The molecule has 1 heterocycles. The standard InChI is InChI=1S/C25H23N3O3.C2H4O2/c1-26-25-27-20-15-23(31-3)22(30-2)14-19(20)24(28-25)18-11-7-8-16(12-18)13-21(29)17-9-5-4-6-10-17;1-2(3)4/h4-12,14-15H,13H2,1-3H3,(H,26,27,28);1H3,(H,3,4). The molecule has 0 aliphatic heterocycles. The Labute approximate surface area is 203 Å². The number of ether oxygens (including phenoxy) is 2. The van der Waals surface area contributed by atoms with Crippen molar-refractivity contribution in [3.8, 4) is 22.8 Å². The number of nitrogens with one attached hydrogen (secondary N) is 1. The van der Waals surface area contributed by atoms with Crippen molar-refractivity contribution < 1.29 is 24.2 Å². The van der Waals surface area contributed by atoms with Gasteiger partial charge in [0.25, 0.3) is 5.97 Å². The van der Waals surface area contributed by atoms with E-state index in [1.165, 1.54) is 0 Å². The third-order valence-corrected chi connectivity index (χ3v) is 5.09. The van der Waals surface area contributed by atoms with E-state index in [9.17, 15) is 4.79 Å². The third kappa shape index (κ3) is 6.32. The van der Waals surface area contributed by atoms with Gasteiger partial charge in [0.05, 0.1) is 25.4 Å². The first kappa shape index (κ1) is 25.2. The largest absolute Gasteiger partial charge is 0.493 e. The lowest BCUT2D eigenvalue weighted by atomic mass is 9.99. The van der Waals surface area contributed by atoms with Gasteiger partial charge in [-0.1, -0.05) is 48.5 Å². The van der Waals surface area contributed by atoms with Gasteiger partial charge in [-0.15, -0.1) is 0 Å². The maximum atomic E-state index is 12.7. The van der Waals surface area contributed by atoms with Gasteiger partial charge in [-0.3, -0.25) is 9.59 Å². The number of aliphatic carboxylic acids is 1. The monoisotopic (exact) mass is 473 g/mol. The Morgan fingerprint density at radius 2 is 1.57 bits per heavy atom. The van der Waals surface area contributed by atoms with Crippen LogP contribution in [-0.2, 0) is 11.2 Å². The Kier molecular flexibility index (Phi) is 8.34. The van der Waals surface area contributed by atoms with E-state index in [0.717, 1.165) is 34.6 Å². The Balaban J connectivity index is 0.000000795. The number of fused-ring (bicyclic) bond motifs is 1. The minimum absolute atomic E-state index is 0.0765. The van der Waals surface area contributed by atoms with Crippen LogP contribution in [0.2, 0.25) is 0 Å².